The molecule has 0 bridgehead atoms. The fourth-order valence-corrected chi connectivity index (χ4v) is 3.70. The van der Waals surface area contributed by atoms with Crippen molar-refractivity contribution in [3.63, 3.8) is 0 Å². The number of carboxylic acid groups (broad SMARTS) is 1. The quantitative estimate of drug-likeness (QED) is 0.749. The highest BCUT2D eigenvalue weighted by atomic mass is 32.1. The van der Waals surface area contributed by atoms with Gasteiger partial charge >= 0.3 is 6.18 Å². The molecule has 23 heavy (non-hydrogen) atoms. The Morgan fingerprint density at radius 2 is 2.04 bits per heavy atom. The van der Waals surface area contributed by atoms with Crippen molar-refractivity contribution in [2.24, 2.45) is 0 Å². The summed E-state index contributed by atoms with van der Waals surface area (Å²) >= 11 is 1.32. The van der Waals surface area contributed by atoms with Crippen LogP contribution >= 0.6 is 11.3 Å². The van der Waals surface area contributed by atoms with Crippen LogP contribution < -0.4 is 5.11 Å². The van der Waals surface area contributed by atoms with Crippen LogP contribution in [0.15, 0.2) is 24.3 Å². The number of aryl methyl sites for hydroxylation is 1. The van der Waals surface area contributed by atoms with Gasteiger partial charge in [0, 0.05) is 9.58 Å². The van der Waals surface area contributed by atoms with Crippen LogP contribution in [0.3, 0.4) is 0 Å². The number of fused-ring (bicyclic) bond motifs is 1. The van der Waals surface area contributed by atoms with E-state index >= 15 is 0 Å². The van der Waals surface area contributed by atoms with Crippen molar-refractivity contribution in [3.8, 4) is 0 Å². The number of hydrogen-bond acceptors (Lipinski definition) is 3. The first-order chi connectivity index (χ1) is 10.7. The summed E-state index contributed by atoms with van der Waals surface area (Å²) in [7, 11) is 0. The van der Waals surface area contributed by atoms with Gasteiger partial charge in [0.25, 0.3) is 0 Å². The van der Waals surface area contributed by atoms with Crippen molar-refractivity contribution >= 4 is 33.0 Å². The second-order valence-electron chi connectivity index (χ2n) is 5.36. The van der Waals surface area contributed by atoms with E-state index in [0.717, 1.165) is 35.9 Å². The fourth-order valence-electron chi connectivity index (χ4n) is 2.46. The molecule has 0 aliphatic rings. The van der Waals surface area contributed by atoms with Gasteiger partial charge in [-0.05, 0) is 60.6 Å². The van der Waals surface area contributed by atoms with Crippen LogP contribution in [0.5, 0.6) is 0 Å². The smallest absolute Gasteiger partial charge is 0.416 e. The molecule has 6 heteroatoms. The first kappa shape index (κ1) is 17.5. The SMILES string of the molecule is CCCCC(=CC(=O)[O-])c1sc2ccc(C(F)(F)F)cc2c1C. The van der Waals surface area contributed by atoms with Gasteiger partial charge in [0.1, 0.15) is 0 Å². The summed E-state index contributed by atoms with van der Waals surface area (Å²) in [6.07, 6.45) is -1.08. The van der Waals surface area contributed by atoms with Crippen LogP contribution in [0.1, 0.15) is 42.2 Å². The van der Waals surface area contributed by atoms with Gasteiger partial charge < -0.3 is 9.90 Å². The molecular formula is C17H16F3O2S-. The zero-order valence-electron chi connectivity index (χ0n) is 12.8. The van der Waals surface area contributed by atoms with E-state index < -0.39 is 17.7 Å². The number of alkyl halides is 3. The molecule has 0 unspecified atom stereocenters. The van der Waals surface area contributed by atoms with Gasteiger partial charge in [0.2, 0.25) is 0 Å². The molecule has 0 aliphatic heterocycles. The molecule has 0 spiro atoms. The van der Waals surface area contributed by atoms with Crippen LogP contribution in [0.4, 0.5) is 13.2 Å². The molecule has 0 aliphatic carbocycles. The summed E-state index contributed by atoms with van der Waals surface area (Å²) < 4.78 is 39.3. The second kappa shape index (κ2) is 6.74. The standard InChI is InChI=1S/C17H17F3O2S/c1-3-4-5-11(8-15(21)22)16-10(2)13-9-12(17(18,19)20)6-7-14(13)23-16/h6-9H,3-5H2,1-2H3,(H,21,22)/p-1. The van der Waals surface area contributed by atoms with Gasteiger partial charge in [-0.25, -0.2) is 0 Å². The third-order valence-electron chi connectivity index (χ3n) is 3.65. The molecule has 0 N–H and O–H groups in total. The molecule has 0 radical (unpaired) electrons. The maximum absolute atomic E-state index is 12.9. The Morgan fingerprint density at radius 3 is 2.61 bits per heavy atom. The first-order valence-corrected chi connectivity index (χ1v) is 8.08. The highest BCUT2D eigenvalue weighted by molar-refractivity contribution is 7.20. The molecule has 2 nitrogen and oxygen atoms in total. The maximum Gasteiger partial charge on any atom is 0.416 e. The number of carbonyl (C=O) groups excluding carboxylic acids is 1. The molecule has 0 atom stereocenters. The number of benzene rings is 1. The molecule has 0 fully saturated rings. The zero-order chi connectivity index (χ0) is 17.2. The topological polar surface area (TPSA) is 40.1 Å². The molecule has 2 aromatic rings. The molecule has 1 aromatic heterocycles. The molecule has 0 saturated heterocycles. The first-order valence-electron chi connectivity index (χ1n) is 7.26. The van der Waals surface area contributed by atoms with Gasteiger partial charge in [-0.1, -0.05) is 13.3 Å². The fraction of sp³-hybridized carbons (Fsp3) is 0.353. The van der Waals surface area contributed by atoms with Crippen molar-refractivity contribution in [2.75, 3.05) is 0 Å². The summed E-state index contributed by atoms with van der Waals surface area (Å²) in [5.41, 5.74) is 0.593. The lowest BCUT2D eigenvalue weighted by Gasteiger charge is -2.08. The highest BCUT2D eigenvalue weighted by Crippen LogP contribution is 2.40. The van der Waals surface area contributed by atoms with E-state index in [4.69, 9.17) is 0 Å². The lowest BCUT2D eigenvalue weighted by Crippen LogP contribution is -2.19. The zero-order valence-corrected chi connectivity index (χ0v) is 13.6. The monoisotopic (exact) mass is 341 g/mol. The van der Waals surface area contributed by atoms with E-state index in [9.17, 15) is 23.1 Å². The second-order valence-corrected chi connectivity index (χ2v) is 6.41. The predicted octanol–water partition coefficient (Wildman–Crippen LogP) is 4.55. The number of thiophene rings is 1. The van der Waals surface area contributed by atoms with Crippen LogP contribution in [-0.2, 0) is 11.0 Å². The number of carbonyl (C=O) groups is 1. The van der Waals surface area contributed by atoms with E-state index in [-0.39, 0.29) is 0 Å². The van der Waals surface area contributed by atoms with Crippen LogP contribution in [0.25, 0.3) is 15.7 Å². The molecule has 124 valence electrons. The minimum absolute atomic E-state index is 0.514. The van der Waals surface area contributed by atoms with E-state index in [2.05, 4.69) is 0 Å². The van der Waals surface area contributed by atoms with Crippen molar-refractivity contribution in [1.82, 2.24) is 0 Å². The predicted molar refractivity (Wildman–Crippen MR) is 84.1 cm³/mol. The maximum atomic E-state index is 12.9. The normalized spacial score (nSPS) is 12.8. The number of unbranched alkanes of at least 4 members (excludes halogenated alkanes) is 1. The van der Waals surface area contributed by atoms with Gasteiger partial charge in [-0.2, -0.15) is 13.2 Å². The van der Waals surface area contributed by atoms with Gasteiger partial charge in [-0.3, -0.25) is 0 Å². The molecule has 1 heterocycles. The number of carboxylic acids is 1. The summed E-state index contributed by atoms with van der Waals surface area (Å²) in [6, 6.07) is 3.62. The van der Waals surface area contributed by atoms with Crippen LogP contribution in [-0.4, -0.2) is 5.97 Å². The number of halogens is 3. The summed E-state index contributed by atoms with van der Waals surface area (Å²) in [5.74, 6) is -1.29. The van der Waals surface area contributed by atoms with E-state index in [1.807, 2.05) is 6.92 Å². The Labute approximate surface area is 136 Å². The van der Waals surface area contributed by atoms with Gasteiger partial charge in [0.15, 0.2) is 0 Å². The number of hydrogen-bond donors (Lipinski definition) is 0. The summed E-state index contributed by atoms with van der Waals surface area (Å²) in [4.78, 5) is 11.6. The molecular weight excluding hydrogens is 325 g/mol. The van der Waals surface area contributed by atoms with Crippen LogP contribution in [0, 0.1) is 6.92 Å². The van der Waals surface area contributed by atoms with Gasteiger partial charge in [-0.15, -0.1) is 11.3 Å². The largest absolute Gasteiger partial charge is 0.545 e. The van der Waals surface area contributed by atoms with E-state index in [1.165, 1.54) is 17.4 Å². The number of allylic oxidation sites excluding steroid dienone is 1. The Bertz CT molecular complexity index is 757. The number of rotatable bonds is 5. The number of aliphatic carboxylic acids is 1. The third kappa shape index (κ3) is 3.93. The van der Waals surface area contributed by atoms with Crippen molar-refractivity contribution in [1.29, 1.82) is 0 Å². The van der Waals surface area contributed by atoms with Gasteiger partial charge in [0.05, 0.1) is 11.5 Å². The Balaban J connectivity index is 2.56. The van der Waals surface area contributed by atoms with Crippen LogP contribution in [0.2, 0.25) is 0 Å². The Morgan fingerprint density at radius 1 is 1.35 bits per heavy atom. The minimum atomic E-state index is -4.39. The van der Waals surface area contributed by atoms with Crippen molar-refractivity contribution < 1.29 is 23.1 Å². The van der Waals surface area contributed by atoms with E-state index in [1.54, 1.807) is 6.92 Å². The third-order valence-corrected chi connectivity index (χ3v) is 5.00. The molecule has 0 saturated carbocycles. The summed E-state index contributed by atoms with van der Waals surface area (Å²) in [6.45, 7) is 3.72. The van der Waals surface area contributed by atoms with E-state index in [0.29, 0.717) is 27.6 Å². The highest BCUT2D eigenvalue weighted by Gasteiger charge is 2.31. The van der Waals surface area contributed by atoms with Crippen molar-refractivity contribution in [2.45, 2.75) is 39.3 Å². The lowest BCUT2D eigenvalue weighted by molar-refractivity contribution is -0.297. The molecule has 1 aromatic carbocycles. The Hall–Kier alpha value is -1.82. The average Bonchev–Trinajstić information content (AvgIpc) is 2.79. The molecule has 2 rings (SSSR count). The average molecular weight is 341 g/mol. The Kier molecular flexibility index (Phi) is 5.14. The van der Waals surface area contributed by atoms with Crippen molar-refractivity contribution in [3.05, 3.63) is 40.3 Å². The lowest BCUT2D eigenvalue weighted by atomic mass is 10.0. The summed E-state index contributed by atoms with van der Waals surface area (Å²) in [5, 5.41) is 11.4. The minimum Gasteiger partial charge on any atom is -0.545 e. The molecule has 0 amide bonds.